The molecule has 1 aliphatic heterocycles. The maximum absolute atomic E-state index is 11.5. The molecule has 4 N–H and O–H groups in total. The number of carbonyl (C=O) groups is 1. The van der Waals surface area contributed by atoms with E-state index >= 15 is 0 Å². The molecule has 0 spiro atoms. The normalized spacial score (nSPS) is 20.6. The van der Waals surface area contributed by atoms with Crippen LogP contribution in [0, 0.1) is 6.92 Å². The minimum Gasteiger partial charge on any atom is -0.456 e. The lowest BCUT2D eigenvalue weighted by Crippen LogP contribution is -2.37. The lowest BCUT2D eigenvalue weighted by molar-refractivity contribution is 0.0924. The van der Waals surface area contributed by atoms with Crippen LogP contribution >= 0.6 is 0 Å². The van der Waals surface area contributed by atoms with Crippen molar-refractivity contribution in [3.63, 3.8) is 0 Å². The topological polar surface area (TPSA) is 91.7 Å². The van der Waals surface area contributed by atoms with Crippen LogP contribution in [0.2, 0.25) is 0 Å². The molecule has 6 heteroatoms. The molecule has 2 rings (SSSR count). The number of hydrogen-bond acceptors (Lipinski definition) is 5. The Morgan fingerprint density at radius 1 is 1.55 bits per heavy atom. The van der Waals surface area contributed by atoms with Gasteiger partial charge in [0.1, 0.15) is 5.76 Å². The van der Waals surface area contributed by atoms with Gasteiger partial charge in [0, 0.05) is 18.2 Å². The van der Waals surface area contributed by atoms with E-state index in [2.05, 4.69) is 10.3 Å². The monoisotopic (exact) mass is 281 g/mol. The molecule has 0 saturated carbocycles. The number of rotatable bonds is 4. The Hall–Kier alpha value is -1.37. The minimum atomic E-state index is -0.422. The van der Waals surface area contributed by atoms with Gasteiger partial charge in [0.25, 0.3) is 0 Å². The quantitative estimate of drug-likeness (QED) is 0.434. The second-order valence-corrected chi connectivity index (χ2v) is 5.32. The first-order valence-electron chi connectivity index (χ1n) is 7.11. The second kappa shape index (κ2) is 6.88. The molecule has 20 heavy (non-hydrogen) atoms. The highest BCUT2D eigenvalue weighted by atomic mass is 16.4. The van der Waals surface area contributed by atoms with E-state index in [0.29, 0.717) is 6.54 Å². The van der Waals surface area contributed by atoms with Crippen LogP contribution in [0.25, 0.3) is 0 Å². The molecule has 2 heterocycles. The summed E-state index contributed by atoms with van der Waals surface area (Å²) in [5.74, 6) is 5.64. The number of carbonyl (C=O) groups excluding carboxylic acids is 1. The lowest BCUT2D eigenvalue weighted by atomic mass is 10.1. The molecule has 0 bridgehead atoms. The molecule has 6 nitrogen and oxygen atoms in total. The van der Waals surface area contributed by atoms with Gasteiger partial charge < -0.3 is 9.52 Å². The first kappa shape index (κ1) is 15.0. The SMILES string of the molecule is Cc1oc(C(=O)NN)cc1CN1CCCCCC1CO. The summed E-state index contributed by atoms with van der Waals surface area (Å²) in [6, 6.07) is 1.93. The first-order valence-corrected chi connectivity index (χ1v) is 7.11. The smallest absolute Gasteiger partial charge is 0.300 e. The molecule has 1 aromatic rings. The number of nitrogens with one attached hydrogen (secondary N) is 1. The van der Waals surface area contributed by atoms with E-state index in [4.69, 9.17) is 10.3 Å². The zero-order chi connectivity index (χ0) is 14.5. The summed E-state index contributed by atoms with van der Waals surface area (Å²) in [5.41, 5.74) is 3.04. The number of nitrogen functional groups attached to an aromatic ring is 1. The van der Waals surface area contributed by atoms with E-state index in [1.165, 1.54) is 6.42 Å². The Kier molecular flexibility index (Phi) is 5.17. The van der Waals surface area contributed by atoms with E-state index < -0.39 is 5.91 Å². The number of aryl methyl sites for hydroxylation is 1. The summed E-state index contributed by atoms with van der Waals surface area (Å²) in [4.78, 5) is 13.7. The predicted molar refractivity (Wildman–Crippen MR) is 74.9 cm³/mol. The number of aliphatic hydroxyl groups is 1. The maximum Gasteiger partial charge on any atom is 0.300 e. The van der Waals surface area contributed by atoms with Crippen LogP contribution in [0.4, 0.5) is 0 Å². The fourth-order valence-electron chi connectivity index (χ4n) is 2.73. The van der Waals surface area contributed by atoms with Crippen LogP contribution in [-0.4, -0.2) is 35.1 Å². The summed E-state index contributed by atoms with van der Waals surface area (Å²) >= 11 is 0. The molecule has 1 saturated heterocycles. The van der Waals surface area contributed by atoms with Crippen LogP contribution in [0.3, 0.4) is 0 Å². The maximum atomic E-state index is 11.5. The van der Waals surface area contributed by atoms with Gasteiger partial charge in [-0.3, -0.25) is 15.1 Å². The Balaban J connectivity index is 2.11. The fourth-order valence-corrected chi connectivity index (χ4v) is 2.73. The molecular weight excluding hydrogens is 258 g/mol. The number of hydrogen-bond donors (Lipinski definition) is 3. The average molecular weight is 281 g/mol. The highest BCUT2D eigenvalue weighted by molar-refractivity contribution is 5.91. The van der Waals surface area contributed by atoms with Crippen LogP contribution in [-0.2, 0) is 6.54 Å². The third kappa shape index (κ3) is 3.39. The number of amides is 1. The molecule has 1 atom stereocenters. The van der Waals surface area contributed by atoms with Gasteiger partial charge in [0.15, 0.2) is 5.76 Å². The van der Waals surface area contributed by atoms with Crippen molar-refractivity contribution in [1.82, 2.24) is 10.3 Å². The molecule has 1 amide bonds. The van der Waals surface area contributed by atoms with Gasteiger partial charge in [-0.15, -0.1) is 0 Å². The van der Waals surface area contributed by atoms with Gasteiger partial charge in [0.05, 0.1) is 6.61 Å². The van der Waals surface area contributed by atoms with Crippen LogP contribution in [0.15, 0.2) is 10.5 Å². The Morgan fingerprint density at radius 3 is 3.05 bits per heavy atom. The summed E-state index contributed by atoms with van der Waals surface area (Å²) in [6.45, 7) is 3.67. The highest BCUT2D eigenvalue weighted by Gasteiger charge is 2.22. The van der Waals surface area contributed by atoms with Gasteiger partial charge in [-0.25, -0.2) is 5.84 Å². The van der Waals surface area contributed by atoms with Crippen molar-refractivity contribution in [3.05, 3.63) is 23.2 Å². The third-order valence-electron chi connectivity index (χ3n) is 3.96. The van der Waals surface area contributed by atoms with Gasteiger partial charge in [-0.1, -0.05) is 12.8 Å². The average Bonchev–Trinajstić information content (AvgIpc) is 2.68. The standard InChI is InChI=1S/C14H23N3O3/c1-10-11(7-13(20-10)14(19)16-15)8-17-6-4-2-3-5-12(17)9-18/h7,12,18H,2-6,8-9,15H2,1H3,(H,16,19). The molecule has 1 fully saturated rings. The fraction of sp³-hybridized carbons (Fsp3) is 0.643. The first-order chi connectivity index (χ1) is 9.65. The number of nitrogens with two attached hydrogens (primary N) is 1. The van der Waals surface area contributed by atoms with Crippen molar-refractivity contribution < 1.29 is 14.3 Å². The highest BCUT2D eigenvalue weighted by Crippen LogP contribution is 2.22. The van der Waals surface area contributed by atoms with Crippen molar-refractivity contribution in [2.24, 2.45) is 5.84 Å². The molecule has 112 valence electrons. The summed E-state index contributed by atoms with van der Waals surface area (Å²) in [7, 11) is 0. The van der Waals surface area contributed by atoms with E-state index in [-0.39, 0.29) is 18.4 Å². The van der Waals surface area contributed by atoms with Gasteiger partial charge in [-0.2, -0.15) is 0 Å². The number of nitrogens with zero attached hydrogens (tertiary/aromatic N) is 1. The second-order valence-electron chi connectivity index (χ2n) is 5.32. The van der Waals surface area contributed by atoms with Crippen molar-refractivity contribution in [1.29, 1.82) is 0 Å². The number of likely N-dealkylation sites (tertiary alicyclic amines) is 1. The molecule has 1 aliphatic rings. The number of hydrazine groups is 1. The number of aliphatic hydroxyl groups excluding tert-OH is 1. The molecule has 0 aliphatic carbocycles. The van der Waals surface area contributed by atoms with Gasteiger partial charge in [-0.05, 0) is 32.4 Å². The lowest BCUT2D eigenvalue weighted by Gasteiger charge is -2.28. The number of furan rings is 1. The molecule has 1 aromatic heterocycles. The van der Waals surface area contributed by atoms with E-state index in [1.807, 2.05) is 6.92 Å². The molecule has 1 unspecified atom stereocenters. The molecular formula is C14H23N3O3. The summed E-state index contributed by atoms with van der Waals surface area (Å²) in [6.07, 6.45) is 4.53. The van der Waals surface area contributed by atoms with E-state index in [0.717, 1.165) is 37.1 Å². The van der Waals surface area contributed by atoms with E-state index in [1.54, 1.807) is 6.07 Å². The summed E-state index contributed by atoms with van der Waals surface area (Å²) in [5, 5.41) is 9.52. The van der Waals surface area contributed by atoms with Crippen LogP contribution in [0.1, 0.15) is 47.6 Å². The zero-order valence-electron chi connectivity index (χ0n) is 11.9. The third-order valence-corrected chi connectivity index (χ3v) is 3.96. The van der Waals surface area contributed by atoms with Crippen LogP contribution < -0.4 is 11.3 Å². The van der Waals surface area contributed by atoms with E-state index in [9.17, 15) is 9.90 Å². The molecule has 0 radical (unpaired) electrons. The summed E-state index contributed by atoms with van der Waals surface area (Å²) < 4.78 is 5.43. The minimum absolute atomic E-state index is 0.174. The van der Waals surface area contributed by atoms with Crippen molar-refractivity contribution in [2.75, 3.05) is 13.2 Å². The van der Waals surface area contributed by atoms with Crippen LogP contribution in [0.5, 0.6) is 0 Å². The zero-order valence-corrected chi connectivity index (χ0v) is 11.9. The van der Waals surface area contributed by atoms with Crippen molar-refractivity contribution in [3.8, 4) is 0 Å². The Morgan fingerprint density at radius 2 is 2.35 bits per heavy atom. The van der Waals surface area contributed by atoms with Crippen molar-refractivity contribution >= 4 is 5.91 Å². The predicted octanol–water partition coefficient (Wildman–Crippen LogP) is 0.928. The Bertz CT molecular complexity index is 459. The molecule has 0 aromatic carbocycles. The Labute approximate surface area is 118 Å². The van der Waals surface area contributed by atoms with Gasteiger partial charge in [0.2, 0.25) is 0 Å². The van der Waals surface area contributed by atoms with Crippen molar-refractivity contribution in [2.45, 2.75) is 45.2 Å². The van der Waals surface area contributed by atoms with Gasteiger partial charge >= 0.3 is 5.91 Å². The largest absolute Gasteiger partial charge is 0.456 e.